The van der Waals surface area contributed by atoms with Crippen molar-refractivity contribution in [1.29, 1.82) is 0 Å². The molecule has 0 amide bonds. The Morgan fingerprint density at radius 1 is 0.480 bits per heavy atom. The maximum absolute atomic E-state index is 10.4. The molecule has 0 bridgehead atoms. The highest BCUT2D eigenvalue weighted by Gasteiger charge is 2.36. The topological polar surface area (TPSA) is 40.5 Å². The minimum Gasteiger partial charge on any atom is -0.506 e. The van der Waals surface area contributed by atoms with E-state index in [1.807, 2.05) is 0 Å². The molecular formula is C15H8I8O2. The minimum absolute atomic E-state index is 0.277. The van der Waals surface area contributed by atoms with Crippen LogP contribution in [0.4, 0.5) is 0 Å². The van der Waals surface area contributed by atoms with Crippen LogP contribution in [-0.4, -0.2) is 10.2 Å². The first-order chi connectivity index (χ1) is 11.4. The lowest BCUT2D eigenvalue weighted by Gasteiger charge is -2.32. The Kier molecular flexibility index (Phi) is 9.62. The Balaban J connectivity index is 2.96. The molecule has 0 unspecified atom stereocenters. The molecule has 0 fully saturated rings. The van der Waals surface area contributed by atoms with E-state index in [4.69, 9.17) is 0 Å². The van der Waals surface area contributed by atoms with Crippen LogP contribution in [0.3, 0.4) is 0 Å². The number of rotatable bonds is 2. The highest BCUT2D eigenvalue weighted by Crippen LogP contribution is 2.48. The smallest absolute Gasteiger partial charge is 0.144 e. The maximum Gasteiger partial charge on any atom is 0.144 e. The first-order valence-electron chi connectivity index (χ1n) is 6.46. The molecule has 0 aliphatic carbocycles. The van der Waals surface area contributed by atoms with Crippen molar-refractivity contribution in [2.24, 2.45) is 0 Å². The highest BCUT2D eigenvalue weighted by molar-refractivity contribution is 14.1. The lowest BCUT2D eigenvalue weighted by molar-refractivity contribution is 0.463. The molecule has 0 aliphatic heterocycles. The number of phenolic OH excluding ortho intramolecular Hbond substituents is 2. The number of hydrogen-bond donors (Lipinski definition) is 2. The van der Waals surface area contributed by atoms with Crippen LogP contribution >= 0.6 is 181 Å². The Hall–Kier alpha value is 3.88. The van der Waals surface area contributed by atoms with Crippen molar-refractivity contribution in [3.63, 3.8) is 0 Å². The fourth-order valence-corrected chi connectivity index (χ4v) is 11.5. The molecule has 2 aromatic carbocycles. The van der Waals surface area contributed by atoms with Gasteiger partial charge in [0, 0.05) is 19.7 Å². The normalized spacial score (nSPS) is 11.9. The lowest BCUT2D eigenvalue weighted by Crippen LogP contribution is -2.27. The summed E-state index contributed by atoms with van der Waals surface area (Å²) in [6.07, 6.45) is 0. The largest absolute Gasteiger partial charge is 0.506 e. The molecule has 136 valence electrons. The minimum atomic E-state index is -0.277. The van der Waals surface area contributed by atoms with E-state index in [-0.39, 0.29) is 5.41 Å². The van der Waals surface area contributed by atoms with Crippen LogP contribution in [-0.2, 0) is 5.41 Å². The van der Waals surface area contributed by atoms with Gasteiger partial charge in [0.25, 0.3) is 0 Å². The summed E-state index contributed by atoms with van der Waals surface area (Å²) in [6.45, 7) is 4.44. The second-order valence-corrected chi connectivity index (χ2v) is 14.2. The van der Waals surface area contributed by atoms with Crippen molar-refractivity contribution >= 4 is 181 Å². The third kappa shape index (κ3) is 4.58. The van der Waals surface area contributed by atoms with Gasteiger partial charge in [0.05, 0.1) is 14.3 Å². The Morgan fingerprint density at radius 2 is 0.680 bits per heavy atom. The molecule has 0 saturated carbocycles. The van der Waals surface area contributed by atoms with Crippen LogP contribution in [0.25, 0.3) is 0 Å². The summed E-state index contributed by atoms with van der Waals surface area (Å²) < 4.78 is 7.87. The molecule has 10 heteroatoms. The van der Waals surface area contributed by atoms with E-state index in [2.05, 4.69) is 195 Å². The third-order valence-corrected chi connectivity index (χ3v) is 16.4. The Labute approximate surface area is 255 Å². The van der Waals surface area contributed by atoms with Gasteiger partial charge in [-0.2, -0.15) is 0 Å². The molecule has 2 aromatic rings. The zero-order chi connectivity index (χ0) is 19.4. The number of phenols is 2. The fourth-order valence-electron chi connectivity index (χ4n) is 2.46. The third-order valence-electron chi connectivity index (χ3n) is 3.73. The zero-order valence-corrected chi connectivity index (χ0v) is 29.7. The molecule has 0 aliphatic rings. The van der Waals surface area contributed by atoms with Crippen LogP contribution in [0, 0.1) is 28.6 Å². The SMILES string of the molecule is CC(C)(c1c(I)c(I)c(O)c(I)c1I)c1c(I)c(I)c(O)c(I)c1I. The zero-order valence-electron chi connectivity index (χ0n) is 12.4. The van der Waals surface area contributed by atoms with E-state index in [1.165, 1.54) is 11.1 Å². The monoisotopic (exact) mass is 1240 g/mol. The molecule has 2 rings (SSSR count). The second kappa shape index (κ2) is 9.57. The number of benzene rings is 2. The van der Waals surface area contributed by atoms with Crippen LogP contribution in [0.2, 0.25) is 0 Å². The molecule has 0 radical (unpaired) electrons. The number of halogens is 8. The van der Waals surface area contributed by atoms with Crippen LogP contribution < -0.4 is 0 Å². The fraction of sp³-hybridized carbons (Fsp3) is 0.200. The first kappa shape index (κ1) is 25.1. The van der Waals surface area contributed by atoms with Crippen LogP contribution in [0.5, 0.6) is 11.5 Å². The van der Waals surface area contributed by atoms with Crippen molar-refractivity contribution < 1.29 is 10.2 Å². The summed E-state index contributed by atoms with van der Waals surface area (Å²) in [7, 11) is 0. The molecule has 0 spiro atoms. The maximum atomic E-state index is 10.4. The van der Waals surface area contributed by atoms with Crippen molar-refractivity contribution in [2.75, 3.05) is 0 Å². The van der Waals surface area contributed by atoms with Gasteiger partial charge in [-0.3, -0.25) is 0 Å². The Morgan fingerprint density at radius 3 is 0.880 bits per heavy atom. The van der Waals surface area contributed by atoms with Gasteiger partial charge in [-0.15, -0.1) is 0 Å². The molecule has 2 N–H and O–H groups in total. The van der Waals surface area contributed by atoms with Crippen molar-refractivity contribution in [1.82, 2.24) is 0 Å². The summed E-state index contributed by atoms with van der Waals surface area (Å²) in [5.41, 5.74) is 2.16. The van der Waals surface area contributed by atoms with Gasteiger partial charge >= 0.3 is 0 Å². The van der Waals surface area contributed by atoms with Gasteiger partial charge in [0.1, 0.15) is 11.5 Å². The van der Waals surface area contributed by atoms with E-state index in [9.17, 15) is 10.2 Å². The van der Waals surface area contributed by atoms with Gasteiger partial charge in [0.2, 0.25) is 0 Å². The second-order valence-electron chi connectivity index (χ2n) is 5.58. The standard InChI is InChI=1S/C15H8I8O2/c1-15(2,3-5(16)9(20)13(24)10(21)6(3)17)4-7(18)11(22)14(25)12(23)8(4)19/h24-25H,1-2H3. The van der Waals surface area contributed by atoms with E-state index in [0.29, 0.717) is 11.5 Å². The summed E-state index contributed by atoms with van der Waals surface area (Å²) >= 11 is 18.2. The van der Waals surface area contributed by atoms with Gasteiger partial charge in [-0.1, -0.05) is 13.8 Å². The van der Waals surface area contributed by atoms with Crippen molar-refractivity contribution in [2.45, 2.75) is 19.3 Å². The summed E-state index contributed by atoms with van der Waals surface area (Å²) in [5.74, 6) is 0.711. The predicted molar refractivity (Wildman–Crippen MR) is 170 cm³/mol. The summed E-state index contributed by atoms with van der Waals surface area (Å²) in [6, 6.07) is 0. The van der Waals surface area contributed by atoms with E-state index in [1.54, 1.807) is 0 Å². The molecule has 25 heavy (non-hydrogen) atoms. The molecular weight excluding hydrogens is 1230 g/mol. The van der Waals surface area contributed by atoms with Gasteiger partial charge in [-0.25, -0.2) is 0 Å². The Bertz CT molecular complexity index is 763. The molecule has 2 nitrogen and oxygen atoms in total. The quantitative estimate of drug-likeness (QED) is 0.235. The first-order valence-corrected chi connectivity index (χ1v) is 15.1. The van der Waals surface area contributed by atoms with Gasteiger partial charge < -0.3 is 10.2 Å². The van der Waals surface area contributed by atoms with E-state index >= 15 is 0 Å². The average Bonchev–Trinajstić information content (AvgIpc) is 2.54. The average molecular weight is 1240 g/mol. The molecule has 0 aromatic heterocycles. The van der Waals surface area contributed by atoms with Crippen molar-refractivity contribution in [3.8, 4) is 11.5 Å². The van der Waals surface area contributed by atoms with Crippen molar-refractivity contribution in [3.05, 3.63) is 39.7 Å². The van der Waals surface area contributed by atoms with Gasteiger partial charge in [0.15, 0.2) is 0 Å². The molecule has 0 saturated heterocycles. The molecule has 0 heterocycles. The van der Waals surface area contributed by atoms with Crippen LogP contribution in [0.1, 0.15) is 25.0 Å². The summed E-state index contributed by atoms with van der Waals surface area (Å²) in [4.78, 5) is 0. The highest BCUT2D eigenvalue weighted by atomic mass is 127. The lowest BCUT2D eigenvalue weighted by atomic mass is 9.78. The molecule has 0 atom stereocenters. The van der Waals surface area contributed by atoms with E-state index < -0.39 is 0 Å². The number of aromatic hydroxyl groups is 2. The predicted octanol–water partition coefficient (Wildman–Crippen LogP) is 8.26. The van der Waals surface area contributed by atoms with Crippen LogP contribution in [0.15, 0.2) is 0 Å². The number of hydrogen-bond acceptors (Lipinski definition) is 2. The van der Waals surface area contributed by atoms with Gasteiger partial charge in [-0.05, 0) is 192 Å². The van der Waals surface area contributed by atoms with E-state index in [0.717, 1.165) is 28.6 Å². The summed E-state index contributed by atoms with van der Waals surface area (Å²) in [5, 5.41) is 20.8.